The molecule has 4 aliphatic rings. The maximum Gasteiger partial charge on any atom is 0.137 e. The van der Waals surface area contributed by atoms with Crippen LogP contribution in [0.25, 0.3) is 83.8 Å². The Balaban J connectivity index is 0.000000136. The van der Waals surface area contributed by atoms with E-state index in [2.05, 4.69) is 164 Å². The van der Waals surface area contributed by atoms with Crippen LogP contribution in [-0.4, -0.2) is 69.6 Å². The first-order chi connectivity index (χ1) is 56.5. The van der Waals surface area contributed by atoms with Crippen molar-refractivity contribution in [2.24, 2.45) is 0 Å². The molecule has 0 fully saturated rings. The molecule has 0 bridgehead atoms. The normalized spacial score (nSPS) is 15.9. The van der Waals surface area contributed by atoms with Crippen LogP contribution in [0, 0.1) is 45.3 Å². The summed E-state index contributed by atoms with van der Waals surface area (Å²) in [6, 6.07) is 68.2. The van der Waals surface area contributed by atoms with Crippen molar-refractivity contribution >= 4 is 60.7 Å². The highest BCUT2D eigenvalue weighted by atomic mass is 32.2. The van der Waals surface area contributed by atoms with E-state index < -0.39 is 9.52 Å². The minimum Gasteiger partial charge on any atom is -0.490 e. The van der Waals surface area contributed by atoms with Crippen molar-refractivity contribution in [1.29, 1.82) is 21.0 Å². The SMILES string of the molecule is C=S(C)(=O)CCN[C@H]1CCc2c(-c3cnc(-c4ccc(OC(C)C)c(C#N)c4)s3)cccc21.CC(C)Oc1ccc(-c2ccc(-c3cccc4c3CCC4C)s2)cc1C#N.CC(C)Oc1ccc(-c2cnc(-c3cccc4c3CCC4C)s2)cc1C#N.CCCNC1CCc2c(-c3ccc(-c4ccc(OC(C)C)c(C#N)c4)s3)cccc21. The Hall–Kier alpha value is -10.5. The summed E-state index contributed by atoms with van der Waals surface area (Å²) in [5, 5.41) is 47.2. The predicted octanol–water partition coefficient (Wildman–Crippen LogP) is 24.8. The zero-order chi connectivity index (χ0) is 82.6. The zero-order valence-electron chi connectivity index (χ0n) is 68.9. The third-order valence-electron chi connectivity index (χ3n) is 21.4. The lowest BCUT2D eigenvalue weighted by Crippen LogP contribution is -2.25. The molecule has 4 unspecified atom stereocenters. The van der Waals surface area contributed by atoms with Crippen LogP contribution in [0.5, 0.6) is 23.0 Å². The molecule has 0 amide bonds. The third-order valence-corrected chi connectivity index (χ3v) is 27.0. The second kappa shape index (κ2) is 38.3. The molecule has 0 aliphatic heterocycles. The molecule has 0 saturated carbocycles. The lowest BCUT2D eigenvalue weighted by molar-refractivity contribution is 0.241. The summed E-state index contributed by atoms with van der Waals surface area (Å²) >= 11 is 6.91. The second-order valence-electron chi connectivity index (χ2n) is 31.7. The number of hydrogen-bond donors (Lipinski definition) is 2. The maximum atomic E-state index is 11.9. The van der Waals surface area contributed by atoms with E-state index in [1.54, 1.807) is 51.6 Å². The van der Waals surface area contributed by atoms with E-state index >= 15 is 0 Å². The first-order valence-corrected chi connectivity index (χ1v) is 46.3. The number of thiophene rings is 2. The fourth-order valence-corrected chi connectivity index (χ4v) is 20.5. The van der Waals surface area contributed by atoms with Crippen molar-refractivity contribution in [1.82, 2.24) is 20.6 Å². The fourth-order valence-electron chi connectivity index (χ4n) is 15.9. The monoisotopic (exact) mass is 1640 g/mol. The number of ether oxygens (including phenoxy) is 4. The molecule has 4 aromatic heterocycles. The fraction of sp³-hybridized carbons (Fsp3) is 0.323. The topological polar surface area (TPSA) is 199 Å². The number of hydrogen-bond acceptors (Lipinski definition) is 17. The molecule has 18 heteroatoms. The van der Waals surface area contributed by atoms with Crippen molar-refractivity contribution in [3.05, 3.63) is 249 Å². The molecule has 0 saturated heterocycles. The minimum atomic E-state index is -1.98. The largest absolute Gasteiger partial charge is 0.490 e. The Kier molecular flexibility index (Phi) is 27.6. The number of rotatable bonds is 23. The Bertz CT molecular complexity index is 5690. The van der Waals surface area contributed by atoms with Gasteiger partial charge in [0.25, 0.3) is 0 Å². The van der Waals surface area contributed by atoms with Gasteiger partial charge in [0.2, 0.25) is 0 Å². The summed E-state index contributed by atoms with van der Waals surface area (Å²) in [4.78, 5) is 16.5. The van der Waals surface area contributed by atoms with Crippen LogP contribution in [0.3, 0.4) is 0 Å². The maximum absolute atomic E-state index is 11.9. The van der Waals surface area contributed by atoms with Gasteiger partial charge in [-0.3, -0.25) is 4.21 Å². The van der Waals surface area contributed by atoms with Crippen LogP contribution in [-0.2, 0) is 35.2 Å². The van der Waals surface area contributed by atoms with Crippen molar-refractivity contribution in [3.63, 3.8) is 0 Å². The van der Waals surface area contributed by atoms with E-state index in [0.717, 1.165) is 80.7 Å². The van der Waals surface area contributed by atoms with Crippen LogP contribution in [0.2, 0.25) is 0 Å². The zero-order valence-corrected chi connectivity index (χ0v) is 73.0. The summed E-state index contributed by atoms with van der Waals surface area (Å²) in [5.74, 6) is 8.17. The van der Waals surface area contributed by atoms with Crippen LogP contribution < -0.4 is 29.6 Å². The molecule has 12 aromatic rings. The van der Waals surface area contributed by atoms with E-state index in [1.807, 2.05) is 141 Å². The molecule has 2 N–H and O–H groups in total. The van der Waals surface area contributed by atoms with Crippen molar-refractivity contribution < 1.29 is 23.2 Å². The highest BCUT2D eigenvalue weighted by Gasteiger charge is 2.29. The van der Waals surface area contributed by atoms with Gasteiger partial charge < -0.3 is 29.6 Å². The molecule has 4 aliphatic carbocycles. The Morgan fingerprint density at radius 3 is 1.19 bits per heavy atom. The Morgan fingerprint density at radius 2 is 0.761 bits per heavy atom. The number of aromatic nitrogens is 2. The van der Waals surface area contributed by atoms with E-state index in [-0.39, 0.29) is 30.5 Å². The van der Waals surface area contributed by atoms with Gasteiger partial charge in [-0.1, -0.05) is 93.6 Å². The standard InChI is InChI=1S/C26H29N3O2S2.C26H28N2OS.C24H23NOS.C23H22N2OS/c1-17(2)31-24-11-8-18(14-19(24)15-27)26-29-16-25(32-26)22-7-5-6-21-20(22)9-10-23(21)28-12-13-33(3,4)30;1-4-14-28-23-10-9-20-21(23)6-5-7-22(20)26-13-12-25(30-26)18-8-11-24(29-17(2)3)19(15-18)16-27;1-15(2)26-22-10-8-17(13-18(22)14-25)23-11-12-24(27-23)21-6-4-5-19-16(3)7-9-20(19)21;1-14(2)26-21-10-8-16(11-17(21)12-24)22-13-25-23(27-22)20-6-4-5-18-15(3)7-9-19(18)20/h5-8,11,14,16-17,23,28H,3,9-10,12-13H2,1-2,4H3;5-8,11-13,15,17,23,28H,4,9-10,14H2,1-3H3;4-6,8,10-13,15-16H,7,9H2,1-3H3;4-6,8,10-11,13-15H,7,9H2,1-3H3/t23-,33?;;;/m0.../s1. The number of nitrogens with zero attached hydrogens (tertiary/aromatic N) is 6. The highest BCUT2D eigenvalue weighted by Crippen LogP contribution is 2.48. The van der Waals surface area contributed by atoms with E-state index in [1.165, 1.54) is 112 Å². The lowest BCUT2D eigenvalue weighted by Gasteiger charge is -2.15. The number of benzene rings is 8. The van der Waals surface area contributed by atoms with Gasteiger partial charge in [0, 0.05) is 73.7 Å². The highest BCUT2D eigenvalue weighted by molar-refractivity contribution is 7.99. The summed E-state index contributed by atoms with van der Waals surface area (Å²) < 4.78 is 34.9. The molecule has 16 rings (SSSR count). The minimum absolute atomic E-state index is 0.0117. The summed E-state index contributed by atoms with van der Waals surface area (Å²) in [7, 11) is -1.98. The van der Waals surface area contributed by atoms with Crippen LogP contribution in [0.15, 0.2) is 182 Å². The van der Waals surface area contributed by atoms with E-state index in [9.17, 15) is 25.3 Å². The summed E-state index contributed by atoms with van der Waals surface area (Å²) in [6.45, 7) is 24.3. The Labute approximate surface area is 707 Å². The second-order valence-corrected chi connectivity index (χ2v) is 38.7. The molecule has 4 heterocycles. The van der Waals surface area contributed by atoms with Gasteiger partial charge in [0.05, 0.1) is 56.4 Å². The van der Waals surface area contributed by atoms with Gasteiger partial charge in [0.1, 0.15) is 57.3 Å². The molecule has 13 nitrogen and oxygen atoms in total. The molecule has 5 atom stereocenters. The smallest absolute Gasteiger partial charge is 0.137 e. The molecule has 0 radical (unpaired) electrons. The van der Waals surface area contributed by atoms with Gasteiger partial charge >= 0.3 is 0 Å². The van der Waals surface area contributed by atoms with Gasteiger partial charge in [0.15, 0.2) is 0 Å². The van der Waals surface area contributed by atoms with Crippen molar-refractivity contribution in [3.8, 4) is 131 Å². The first-order valence-electron chi connectivity index (χ1n) is 40.7. The first kappa shape index (κ1) is 84.4. The number of fused-ring (bicyclic) bond motifs is 4. The van der Waals surface area contributed by atoms with Gasteiger partial charge in [-0.05, 0) is 322 Å². The van der Waals surface area contributed by atoms with Gasteiger partial charge in [-0.25, -0.2) is 9.97 Å². The number of nitriles is 4. The quantitative estimate of drug-likeness (QED) is 0.0574. The molecular weight excluding hydrogens is 1540 g/mol. The summed E-state index contributed by atoms with van der Waals surface area (Å²) in [5.41, 5.74) is 23.1. The van der Waals surface area contributed by atoms with Gasteiger partial charge in [-0.15, -0.1) is 45.3 Å². The van der Waals surface area contributed by atoms with Crippen LogP contribution >= 0.6 is 45.3 Å². The van der Waals surface area contributed by atoms with Crippen LogP contribution in [0.1, 0.15) is 199 Å². The Morgan fingerprint density at radius 1 is 0.419 bits per heavy atom. The average molecular weight is 1640 g/mol. The van der Waals surface area contributed by atoms with Gasteiger partial charge in [-0.2, -0.15) is 21.0 Å². The van der Waals surface area contributed by atoms with Crippen LogP contribution in [0.4, 0.5) is 0 Å². The van der Waals surface area contributed by atoms with Crippen molar-refractivity contribution in [2.75, 3.05) is 25.1 Å². The molecule has 598 valence electrons. The van der Waals surface area contributed by atoms with E-state index in [0.29, 0.717) is 75.4 Å². The van der Waals surface area contributed by atoms with E-state index in [4.69, 9.17) is 23.9 Å². The lowest BCUT2D eigenvalue weighted by atomic mass is 9.99. The molecule has 117 heavy (non-hydrogen) atoms. The number of thiazole rings is 2. The molecule has 0 spiro atoms. The summed E-state index contributed by atoms with van der Waals surface area (Å²) in [6.07, 6.45) is 15.9. The molecule has 8 aromatic carbocycles. The number of nitrogens with one attached hydrogen (secondary N) is 2. The average Bonchev–Trinajstić information content (AvgIpc) is 1.66. The molecular formula is C99H102N8O5S5. The third kappa shape index (κ3) is 20.2. The van der Waals surface area contributed by atoms with Crippen molar-refractivity contribution in [2.45, 2.75) is 182 Å². The predicted molar refractivity (Wildman–Crippen MR) is 486 cm³/mol.